The summed E-state index contributed by atoms with van der Waals surface area (Å²) < 4.78 is 7.04. The standard InChI is InChI=1S/C14H27N3O/c1-4-6-13(10-15-7-8-18-3)9-14-11-16-17(5-2)12-14/h11-13,15H,4-10H2,1-3H3. The number of hydrogen-bond acceptors (Lipinski definition) is 3. The summed E-state index contributed by atoms with van der Waals surface area (Å²) in [7, 11) is 1.74. The molecule has 0 aliphatic carbocycles. The molecule has 4 heteroatoms. The summed E-state index contributed by atoms with van der Waals surface area (Å²) >= 11 is 0. The van der Waals surface area contributed by atoms with Crippen molar-refractivity contribution < 1.29 is 4.74 Å². The van der Waals surface area contributed by atoms with Gasteiger partial charge < -0.3 is 10.1 Å². The van der Waals surface area contributed by atoms with Crippen LogP contribution >= 0.6 is 0 Å². The van der Waals surface area contributed by atoms with Crippen molar-refractivity contribution in [3.05, 3.63) is 18.0 Å². The Bertz CT molecular complexity index is 312. The van der Waals surface area contributed by atoms with E-state index >= 15 is 0 Å². The van der Waals surface area contributed by atoms with Crippen LogP contribution in [0.5, 0.6) is 0 Å². The SMILES string of the molecule is CCCC(CNCCOC)Cc1cnn(CC)c1. The molecule has 0 amide bonds. The molecule has 0 saturated carbocycles. The van der Waals surface area contributed by atoms with Crippen LogP contribution in [-0.2, 0) is 17.7 Å². The van der Waals surface area contributed by atoms with E-state index in [9.17, 15) is 0 Å². The minimum Gasteiger partial charge on any atom is -0.383 e. The lowest BCUT2D eigenvalue weighted by atomic mass is 9.96. The van der Waals surface area contributed by atoms with Crippen LogP contribution in [0, 0.1) is 5.92 Å². The molecular formula is C14H27N3O. The fourth-order valence-electron chi connectivity index (χ4n) is 2.18. The average Bonchev–Trinajstić information content (AvgIpc) is 2.82. The molecule has 0 aliphatic heterocycles. The molecule has 1 N–H and O–H groups in total. The van der Waals surface area contributed by atoms with Crippen LogP contribution in [0.1, 0.15) is 32.3 Å². The second-order valence-electron chi connectivity index (χ2n) is 4.76. The predicted octanol–water partition coefficient (Wildman–Crippen LogP) is 2.10. The van der Waals surface area contributed by atoms with Gasteiger partial charge in [0.2, 0.25) is 0 Å². The molecule has 1 unspecified atom stereocenters. The zero-order valence-corrected chi connectivity index (χ0v) is 12.0. The molecule has 1 atom stereocenters. The van der Waals surface area contributed by atoms with Gasteiger partial charge in [-0.3, -0.25) is 4.68 Å². The van der Waals surface area contributed by atoms with Crippen molar-refractivity contribution in [3.8, 4) is 0 Å². The number of nitrogens with zero attached hydrogens (tertiary/aromatic N) is 2. The molecule has 1 heterocycles. The summed E-state index contributed by atoms with van der Waals surface area (Å²) in [6.45, 7) is 8.10. The van der Waals surface area contributed by atoms with E-state index in [1.807, 2.05) is 10.9 Å². The third-order valence-electron chi connectivity index (χ3n) is 3.15. The van der Waals surface area contributed by atoms with Crippen LogP contribution in [0.2, 0.25) is 0 Å². The van der Waals surface area contributed by atoms with Gasteiger partial charge in [0.05, 0.1) is 12.8 Å². The number of rotatable bonds is 10. The first kappa shape index (κ1) is 15.2. The van der Waals surface area contributed by atoms with Gasteiger partial charge >= 0.3 is 0 Å². The minimum atomic E-state index is 0.696. The van der Waals surface area contributed by atoms with E-state index in [0.29, 0.717) is 5.92 Å². The van der Waals surface area contributed by atoms with E-state index in [1.165, 1.54) is 18.4 Å². The summed E-state index contributed by atoms with van der Waals surface area (Å²) in [6, 6.07) is 0. The van der Waals surface area contributed by atoms with Crippen molar-refractivity contribution in [2.24, 2.45) is 5.92 Å². The zero-order chi connectivity index (χ0) is 13.2. The number of methoxy groups -OCH3 is 1. The Morgan fingerprint density at radius 1 is 1.44 bits per heavy atom. The first-order valence-electron chi connectivity index (χ1n) is 7.01. The van der Waals surface area contributed by atoms with E-state index < -0.39 is 0 Å². The fourth-order valence-corrected chi connectivity index (χ4v) is 2.18. The number of aryl methyl sites for hydroxylation is 1. The van der Waals surface area contributed by atoms with Crippen molar-refractivity contribution in [2.45, 2.75) is 39.7 Å². The van der Waals surface area contributed by atoms with Crippen LogP contribution in [0.3, 0.4) is 0 Å². The molecular weight excluding hydrogens is 226 g/mol. The topological polar surface area (TPSA) is 39.1 Å². The van der Waals surface area contributed by atoms with Gasteiger partial charge in [-0.1, -0.05) is 13.3 Å². The summed E-state index contributed by atoms with van der Waals surface area (Å²) in [5.41, 5.74) is 1.35. The second kappa shape index (κ2) is 9.11. The van der Waals surface area contributed by atoms with Crippen LogP contribution in [0.15, 0.2) is 12.4 Å². The maximum Gasteiger partial charge on any atom is 0.0587 e. The number of nitrogens with one attached hydrogen (secondary N) is 1. The van der Waals surface area contributed by atoms with Gasteiger partial charge in [-0.25, -0.2) is 0 Å². The van der Waals surface area contributed by atoms with Crippen molar-refractivity contribution in [2.75, 3.05) is 26.8 Å². The highest BCUT2D eigenvalue weighted by molar-refractivity contribution is 5.05. The molecule has 0 saturated heterocycles. The first-order valence-corrected chi connectivity index (χ1v) is 7.01. The monoisotopic (exact) mass is 253 g/mol. The number of hydrogen-bond donors (Lipinski definition) is 1. The van der Waals surface area contributed by atoms with Gasteiger partial charge in [0.25, 0.3) is 0 Å². The van der Waals surface area contributed by atoms with Gasteiger partial charge in [0.1, 0.15) is 0 Å². The van der Waals surface area contributed by atoms with E-state index in [0.717, 1.165) is 32.7 Å². The largest absolute Gasteiger partial charge is 0.383 e. The Labute approximate surface area is 111 Å². The van der Waals surface area contributed by atoms with Crippen LogP contribution in [0.4, 0.5) is 0 Å². The van der Waals surface area contributed by atoms with E-state index in [1.54, 1.807) is 7.11 Å². The Kier molecular flexibility index (Phi) is 7.69. The van der Waals surface area contributed by atoms with Gasteiger partial charge in [0, 0.05) is 26.4 Å². The fraction of sp³-hybridized carbons (Fsp3) is 0.786. The molecule has 0 spiro atoms. The second-order valence-corrected chi connectivity index (χ2v) is 4.76. The van der Waals surface area contributed by atoms with E-state index in [2.05, 4.69) is 30.5 Å². The van der Waals surface area contributed by atoms with E-state index in [4.69, 9.17) is 4.74 Å². The molecule has 104 valence electrons. The lowest BCUT2D eigenvalue weighted by Crippen LogP contribution is -2.27. The average molecular weight is 253 g/mol. The van der Waals surface area contributed by atoms with Crippen LogP contribution in [-0.4, -0.2) is 36.6 Å². The van der Waals surface area contributed by atoms with Crippen molar-refractivity contribution in [1.82, 2.24) is 15.1 Å². The third-order valence-corrected chi connectivity index (χ3v) is 3.15. The smallest absolute Gasteiger partial charge is 0.0587 e. The highest BCUT2D eigenvalue weighted by atomic mass is 16.5. The van der Waals surface area contributed by atoms with E-state index in [-0.39, 0.29) is 0 Å². The van der Waals surface area contributed by atoms with Crippen molar-refractivity contribution in [1.29, 1.82) is 0 Å². The molecule has 0 bridgehead atoms. The Morgan fingerprint density at radius 3 is 2.89 bits per heavy atom. The molecule has 18 heavy (non-hydrogen) atoms. The third kappa shape index (κ3) is 5.65. The quantitative estimate of drug-likeness (QED) is 0.649. The Hall–Kier alpha value is -0.870. The normalized spacial score (nSPS) is 12.8. The predicted molar refractivity (Wildman–Crippen MR) is 74.7 cm³/mol. The summed E-state index contributed by atoms with van der Waals surface area (Å²) in [5, 5.41) is 7.79. The highest BCUT2D eigenvalue weighted by Gasteiger charge is 2.09. The zero-order valence-electron chi connectivity index (χ0n) is 12.0. The molecule has 4 nitrogen and oxygen atoms in total. The van der Waals surface area contributed by atoms with Crippen molar-refractivity contribution >= 4 is 0 Å². The molecule has 0 aliphatic rings. The highest BCUT2D eigenvalue weighted by Crippen LogP contribution is 2.13. The summed E-state index contributed by atoms with van der Waals surface area (Å²) in [4.78, 5) is 0. The molecule has 1 rings (SSSR count). The van der Waals surface area contributed by atoms with Crippen molar-refractivity contribution in [3.63, 3.8) is 0 Å². The molecule has 1 aromatic rings. The lowest BCUT2D eigenvalue weighted by molar-refractivity contribution is 0.197. The maximum absolute atomic E-state index is 5.04. The minimum absolute atomic E-state index is 0.696. The molecule has 0 radical (unpaired) electrons. The summed E-state index contributed by atoms with van der Waals surface area (Å²) in [6.07, 6.45) is 7.78. The molecule has 0 aromatic carbocycles. The number of aromatic nitrogens is 2. The van der Waals surface area contributed by atoms with Crippen LogP contribution < -0.4 is 5.32 Å². The Balaban J connectivity index is 2.36. The van der Waals surface area contributed by atoms with Gasteiger partial charge in [-0.15, -0.1) is 0 Å². The molecule has 1 aromatic heterocycles. The lowest BCUT2D eigenvalue weighted by Gasteiger charge is -2.16. The van der Waals surface area contributed by atoms with Crippen LogP contribution in [0.25, 0.3) is 0 Å². The maximum atomic E-state index is 5.04. The Morgan fingerprint density at radius 2 is 2.28 bits per heavy atom. The van der Waals surface area contributed by atoms with Gasteiger partial charge in [-0.05, 0) is 37.8 Å². The molecule has 0 fully saturated rings. The van der Waals surface area contributed by atoms with Gasteiger partial charge in [0.15, 0.2) is 0 Å². The van der Waals surface area contributed by atoms with Gasteiger partial charge in [-0.2, -0.15) is 5.10 Å². The number of ether oxygens (including phenoxy) is 1. The first-order chi connectivity index (χ1) is 8.80. The summed E-state index contributed by atoms with van der Waals surface area (Å²) in [5.74, 6) is 0.696.